The van der Waals surface area contributed by atoms with E-state index in [-0.39, 0.29) is 17.7 Å². The number of rotatable bonds is 2. The maximum absolute atomic E-state index is 14.5. The normalized spacial score (nSPS) is 17.7. The third-order valence-corrected chi connectivity index (χ3v) is 5.49. The maximum Gasteiger partial charge on any atom is 0.205 e. The molecule has 0 radical (unpaired) electrons. The van der Waals surface area contributed by atoms with Gasteiger partial charge in [0.05, 0.1) is 17.6 Å². The SMILES string of the molecule is Cc1c(C=O)c(=O)c2c(N=O)c(F)c(F)c3c2n1C1(CCC1)CCO3. The Morgan fingerprint density at radius 3 is 2.52 bits per heavy atom. The Labute approximate surface area is 140 Å². The summed E-state index contributed by atoms with van der Waals surface area (Å²) in [5.74, 6) is -3.28. The first-order valence-electron chi connectivity index (χ1n) is 7.99. The number of carbonyl (C=O) groups excluding carboxylic acids is 1. The molecule has 1 aliphatic heterocycles. The van der Waals surface area contributed by atoms with Crippen molar-refractivity contribution in [1.29, 1.82) is 0 Å². The van der Waals surface area contributed by atoms with Gasteiger partial charge in [0.25, 0.3) is 0 Å². The van der Waals surface area contributed by atoms with E-state index in [1.54, 1.807) is 11.5 Å². The van der Waals surface area contributed by atoms with Crippen LogP contribution in [-0.4, -0.2) is 17.5 Å². The highest BCUT2D eigenvalue weighted by Crippen LogP contribution is 2.49. The second-order valence-electron chi connectivity index (χ2n) is 6.58. The highest BCUT2D eigenvalue weighted by atomic mass is 19.2. The highest BCUT2D eigenvalue weighted by Gasteiger charge is 2.44. The summed E-state index contributed by atoms with van der Waals surface area (Å²) in [6, 6.07) is 0. The van der Waals surface area contributed by atoms with E-state index in [0.29, 0.717) is 18.4 Å². The van der Waals surface area contributed by atoms with Crippen LogP contribution in [0.3, 0.4) is 0 Å². The highest BCUT2D eigenvalue weighted by molar-refractivity contribution is 5.98. The zero-order chi connectivity index (χ0) is 17.9. The smallest absolute Gasteiger partial charge is 0.205 e. The first-order chi connectivity index (χ1) is 12.0. The van der Waals surface area contributed by atoms with Crippen LogP contribution < -0.4 is 10.2 Å². The molecule has 2 aliphatic rings. The van der Waals surface area contributed by atoms with Gasteiger partial charge in [-0.1, -0.05) is 0 Å². The van der Waals surface area contributed by atoms with E-state index >= 15 is 0 Å². The second kappa shape index (κ2) is 5.18. The van der Waals surface area contributed by atoms with Crippen molar-refractivity contribution in [2.24, 2.45) is 5.18 Å². The Morgan fingerprint density at radius 2 is 1.96 bits per heavy atom. The molecule has 0 unspecified atom stereocenters. The molecule has 0 atom stereocenters. The molecule has 0 amide bonds. The van der Waals surface area contributed by atoms with Gasteiger partial charge < -0.3 is 9.30 Å². The van der Waals surface area contributed by atoms with Crippen LogP contribution in [0.5, 0.6) is 5.75 Å². The van der Waals surface area contributed by atoms with Gasteiger partial charge in [-0.15, -0.1) is 4.91 Å². The number of fused-ring (bicyclic) bond motifs is 1. The number of hydrogen-bond donors (Lipinski definition) is 0. The summed E-state index contributed by atoms with van der Waals surface area (Å²) in [7, 11) is 0. The van der Waals surface area contributed by atoms with Gasteiger partial charge in [0, 0.05) is 17.7 Å². The van der Waals surface area contributed by atoms with Crippen LogP contribution in [0.1, 0.15) is 41.7 Å². The zero-order valence-electron chi connectivity index (χ0n) is 13.4. The molecule has 0 saturated heterocycles. The van der Waals surface area contributed by atoms with E-state index in [9.17, 15) is 23.3 Å². The molecule has 8 heteroatoms. The number of halogens is 2. The van der Waals surface area contributed by atoms with Gasteiger partial charge >= 0.3 is 0 Å². The predicted octanol–water partition coefficient (Wildman–Crippen LogP) is 3.46. The lowest BCUT2D eigenvalue weighted by Gasteiger charge is -2.45. The number of aromatic nitrogens is 1. The van der Waals surface area contributed by atoms with E-state index in [4.69, 9.17) is 4.74 Å². The Balaban J connectivity index is 2.35. The molecule has 2 heterocycles. The van der Waals surface area contributed by atoms with E-state index in [2.05, 4.69) is 5.18 Å². The Bertz CT molecular complexity index is 1010. The fourth-order valence-electron chi connectivity index (χ4n) is 4.12. The third-order valence-electron chi connectivity index (χ3n) is 5.49. The Morgan fingerprint density at radius 1 is 1.24 bits per heavy atom. The molecule has 1 aromatic heterocycles. The van der Waals surface area contributed by atoms with E-state index in [1.807, 2.05) is 0 Å². The lowest BCUT2D eigenvalue weighted by Crippen LogP contribution is -2.43. The van der Waals surface area contributed by atoms with Gasteiger partial charge in [-0.3, -0.25) is 9.59 Å². The van der Waals surface area contributed by atoms with E-state index < -0.39 is 39.4 Å². The fourth-order valence-corrected chi connectivity index (χ4v) is 4.12. The van der Waals surface area contributed by atoms with Gasteiger partial charge in [-0.25, -0.2) is 4.39 Å². The average Bonchev–Trinajstić information content (AvgIpc) is 2.74. The van der Waals surface area contributed by atoms with E-state index in [0.717, 1.165) is 19.3 Å². The molecule has 1 aromatic carbocycles. The summed E-state index contributed by atoms with van der Waals surface area (Å²) in [5.41, 5.74) is -2.00. The standard InChI is InChI=1S/C17H14F2N2O4/c1-8-9(7-22)15(23)10-13(20-24)11(18)12(19)16-14(10)21(8)17(3-2-4-17)5-6-25-16/h7H,2-6H2,1H3. The minimum absolute atomic E-state index is 0.0128. The number of carbonyl (C=O) groups is 1. The van der Waals surface area contributed by atoms with Gasteiger partial charge in [0.1, 0.15) is 5.52 Å². The van der Waals surface area contributed by atoms with Crippen molar-refractivity contribution in [3.8, 4) is 5.75 Å². The van der Waals surface area contributed by atoms with Crippen molar-refractivity contribution in [2.75, 3.05) is 6.61 Å². The topological polar surface area (TPSA) is 77.7 Å². The summed E-state index contributed by atoms with van der Waals surface area (Å²) in [4.78, 5) is 35.4. The number of benzene rings is 1. The molecule has 4 rings (SSSR count). The van der Waals surface area contributed by atoms with Crippen LogP contribution in [0.4, 0.5) is 14.5 Å². The molecule has 6 nitrogen and oxygen atoms in total. The summed E-state index contributed by atoms with van der Waals surface area (Å²) in [6.45, 7) is 1.74. The monoisotopic (exact) mass is 348 g/mol. The van der Waals surface area contributed by atoms with Crippen molar-refractivity contribution >= 4 is 22.9 Å². The molecule has 1 aliphatic carbocycles. The first-order valence-corrected chi connectivity index (χ1v) is 7.99. The molecule has 2 aromatic rings. The predicted molar refractivity (Wildman–Crippen MR) is 85.6 cm³/mol. The van der Waals surface area contributed by atoms with Crippen molar-refractivity contribution in [3.63, 3.8) is 0 Å². The van der Waals surface area contributed by atoms with Crippen LogP contribution in [0.2, 0.25) is 0 Å². The number of aldehydes is 1. The molecule has 25 heavy (non-hydrogen) atoms. The van der Waals surface area contributed by atoms with Gasteiger partial charge in [0.15, 0.2) is 23.5 Å². The van der Waals surface area contributed by atoms with Crippen LogP contribution in [0.15, 0.2) is 9.97 Å². The fraction of sp³-hybridized carbons (Fsp3) is 0.412. The maximum atomic E-state index is 14.5. The molecule has 1 spiro atoms. The minimum atomic E-state index is -1.54. The Kier molecular flexibility index (Phi) is 3.28. The lowest BCUT2D eigenvalue weighted by atomic mass is 9.73. The summed E-state index contributed by atoms with van der Waals surface area (Å²) in [6.07, 6.45) is 3.37. The average molecular weight is 348 g/mol. The van der Waals surface area contributed by atoms with Crippen molar-refractivity contribution < 1.29 is 18.3 Å². The summed E-state index contributed by atoms with van der Waals surface area (Å²) in [5, 5.41) is 2.14. The van der Waals surface area contributed by atoms with Crippen LogP contribution >= 0.6 is 0 Å². The molecule has 0 N–H and O–H groups in total. The number of nitrogens with zero attached hydrogens (tertiary/aromatic N) is 2. The molecular formula is C17H14F2N2O4. The lowest BCUT2D eigenvalue weighted by molar-refractivity contribution is 0.109. The molecule has 1 saturated carbocycles. The summed E-state index contributed by atoms with van der Waals surface area (Å²) >= 11 is 0. The van der Waals surface area contributed by atoms with Gasteiger partial charge in [-0.05, 0) is 31.4 Å². The number of nitroso groups, excluding NO2 is 1. The van der Waals surface area contributed by atoms with Crippen LogP contribution in [0.25, 0.3) is 10.9 Å². The Hall–Kier alpha value is -2.64. The van der Waals surface area contributed by atoms with Crippen molar-refractivity contribution in [1.82, 2.24) is 4.57 Å². The second-order valence-corrected chi connectivity index (χ2v) is 6.58. The van der Waals surface area contributed by atoms with Gasteiger partial charge in [-0.2, -0.15) is 4.39 Å². The zero-order valence-corrected chi connectivity index (χ0v) is 13.4. The quantitative estimate of drug-likeness (QED) is 0.615. The van der Waals surface area contributed by atoms with Crippen molar-refractivity contribution in [2.45, 2.75) is 38.1 Å². The molecule has 130 valence electrons. The number of hydrogen-bond acceptors (Lipinski definition) is 5. The van der Waals surface area contributed by atoms with Crippen LogP contribution in [-0.2, 0) is 5.54 Å². The molecule has 0 bridgehead atoms. The minimum Gasteiger partial charge on any atom is -0.488 e. The number of pyridine rings is 1. The van der Waals surface area contributed by atoms with Crippen LogP contribution in [0, 0.1) is 23.5 Å². The third kappa shape index (κ3) is 1.82. The van der Waals surface area contributed by atoms with E-state index in [1.165, 1.54) is 0 Å². The largest absolute Gasteiger partial charge is 0.488 e. The van der Waals surface area contributed by atoms with Gasteiger partial charge in [0.2, 0.25) is 11.2 Å². The molecular weight excluding hydrogens is 334 g/mol. The number of ether oxygens (including phenoxy) is 1. The first kappa shape index (κ1) is 15.9. The summed E-state index contributed by atoms with van der Waals surface area (Å²) < 4.78 is 35.9. The molecule has 1 fully saturated rings. The van der Waals surface area contributed by atoms with Crippen molar-refractivity contribution in [3.05, 3.63) is 38.0 Å².